The van der Waals surface area contributed by atoms with E-state index in [1.54, 1.807) is 0 Å². The molecule has 17 heavy (non-hydrogen) atoms. The van der Waals surface area contributed by atoms with Gasteiger partial charge in [0.25, 0.3) is 0 Å². The highest BCUT2D eigenvalue weighted by Crippen LogP contribution is 2.42. The summed E-state index contributed by atoms with van der Waals surface area (Å²) >= 11 is 0. The van der Waals surface area contributed by atoms with Gasteiger partial charge in [-0.3, -0.25) is 9.59 Å². The number of amides is 1. The van der Waals surface area contributed by atoms with E-state index >= 15 is 0 Å². The van der Waals surface area contributed by atoms with Gasteiger partial charge in [0.2, 0.25) is 5.91 Å². The summed E-state index contributed by atoms with van der Waals surface area (Å²) in [4.78, 5) is 25.0. The fraction of sp³-hybridized carbons (Fsp3) is 0.846. The molecule has 3 rings (SSSR count). The summed E-state index contributed by atoms with van der Waals surface area (Å²) in [5, 5.41) is 8.87. The Morgan fingerprint density at radius 2 is 1.53 bits per heavy atom. The van der Waals surface area contributed by atoms with Gasteiger partial charge in [-0.05, 0) is 43.9 Å². The molecule has 3 saturated carbocycles. The summed E-state index contributed by atoms with van der Waals surface area (Å²) in [7, 11) is 0. The second-order valence-corrected chi connectivity index (χ2v) is 5.92. The molecule has 0 aromatic heterocycles. The molecule has 3 aliphatic rings. The molecular formula is C13H19NO3. The molecule has 3 fully saturated rings. The Kier molecular flexibility index (Phi) is 2.60. The fourth-order valence-electron chi connectivity index (χ4n) is 2.45. The quantitative estimate of drug-likeness (QED) is 0.758. The second-order valence-electron chi connectivity index (χ2n) is 5.92. The predicted molar refractivity (Wildman–Crippen MR) is 61.3 cm³/mol. The fourth-order valence-corrected chi connectivity index (χ4v) is 2.45. The van der Waals surface area contributed by atoms with Crippen LogP contribution in [-0.4, -0.2) is 35.0 Å². The van der Waals surface area contributed by atoms with Crippen molar-refractivity contribution in [3.63, 3.8) is 0 Å². The molecule has 0 radical (unpaired) electrons. The smallest absolute Gasteiger partial charge is 0.307 e. The minimum atomic E-state index is -0.804. The molecule has 0 heterocycles. The Bertz CT molecular complexity index is 333. The Morgan fingerprint density at radius 3 is 1.88 bits per heavy atom. The summed E-state index contributed by atoms with van der Waals surface area (Å²) < 4.78 is 0. The normalized spacial score (nSPS) is 31.1. The molecule has 1 N–H and O–H groups in total. The molecule has 0 spiro atoms. The van der Waals surface area contributed by atoms with Gasteiger partial charge in [-0.1, -0.05) is 0 Å². The predicted octanol–water partition coefficient (Wildman–Crippen LogP) is 1.36. The van der Waals surface area contributed by atoms with Crippen LogP contribution < -0.4 is 0 Å². The number of hydrogen-bond donors (Lipinski definition) is 1. The van der Waals surface area contributed by atoms with Crippen LogP contribution in [0.4, 0.5) is 0 Å². The van der Waals surface area contributed by atoms with Crippen LogP contribution in [0.2, 0.25) is 0 Å². The van der Waals surface area contributed by atoms with Crippen LogP contribution in [0.5, 0.6) is 0 Å². The third-order valence-electron chi connectivity index (χ3n) is 4.09. The summed E-state index contributed by atoms with van der Waals surface area (Å²) in [6.07, 6.45) is 5.51. The number of rotatable bonds is 6. The van der Waals surface area contributed by atoms with E-state index in [4.69, 9.17) is 5.11 Å². The maximum atomic E-state index is 12.2. The van der Waals surface area contributed by atoms with Crippen molar-refractivity contribution in [3.05, 3.63) is 0 Å². The first-order chi connectivity index (χ1) is 8.15. The second kappa shape index (κ2) is 4.00. The van der Waals surface area contributed by atoms with Gasteiger partial charge in [0.15, 0.2) is 0 Å². The van der Waals surface area contributed by atoms with Crippen molar-refractivity contribution in [2.24, 2.45) is 23.7 Å². The van der Waals surface area contributed by atoms with Crippen molar-refractivity contribution in [1.82, 2.24) is 4.90 Å². The van der Waals surface area contributed by atoms with Crippen LogP contribution in [0.15, 0.2) is 0 Å². The van der Waals surface area contributed by atoms with E-state index in [-0.39, 0.29) is 11.8 Å². The topological polar surface area (TPSA) is 57.6 Å². The van der Waals surface area contributed by atoms with Crippen molar-refractivity contribution in [1.29, 1.82) is 0 Å². The van der Waals surface area contributed by atoms with Crippen LogP contribution in [0.25, 0.3) is 0 Å². The van der Waals surface area contributed by atoms with E-state index in [1.807, 2.05) is 4.90 Å². The summed E-state index contributed by atoms with van der Waals surface area (Å²) in [6.45, 7) is 1.75. The van der Waals surface area contributed by atoms with Gasteiger partial charge in [0.1, 0.15) is 0 Å². The summed E-state index contributed by atoms with van der Waals surface area (Å²) in [5.41, 5.74) is 0. The first-order valence-electron chi connectivity index (χ1n) is 6.66. The number of nitrogens with zero attached hydrogens (tertiary/aromatic N) is 1. The van der Waals surface area contributed by atoms with Crippen LogP contribution in [0.1, 0.15) is 32.1 Å². The van der Waals surface area contributed by atoms with E-state index in [1.165, 1.54) is 25.7 Å². The Morgan fingerprint density at radius 1 is 1.00 bits per heavy atom. The van der Waals surface area contributed by atoms with Crippen LogP contribution in [0.3, 0.4) is 0 Å². The van der Waals surface area contributed by atoms with Gasteiger partial charge < -0.3 is 10.0 Å². The Hall–Kier alpha value is -1.06. The molecule has 4 heteroatoms. The molecule has 2 atom stereocenters. The monoisotopic (exact) mass is 237 g/mol. The highest BCUT2D eigenvalue weighted by molar-refractivity contribution is 5.89. The Labute approximate surface area is 101 Å². The van der Waals surface area contributed by atoms with Gasteiger partial charge in [-0.2, -0.15) is 0 Å². The molecule has 2 unspecified atom stereocenters. The van der Waals surface area contributed by atoms with E-state index < -0.39 is 11.9 Å². The van der Waals surface area contributed by atoms with Crippen LogP contribution >= 0.6 is 0 Å². The lowest BCUT2D eigenvalue weighted by molar-refractivity contribution is -0.142. The lowest BCUT2D eigenvalue weighted by atomic mass is 10.2. The molecule has 0 aromatic rings. The van der Waals surface area contributed by atoms with Crippen molar-refractivity contribution in [2.75, 3.05) is 13.1 Å². The number of carboxylic acids is 1. The van der Waals surface area contributed by atoms with E-state index in [0.717, 1.165) is 13.1 Å². The first-order valence-corrected chi connectivity index (χ1v) is 6.66. The number of hydrogen-bond acceptors (Lipinski definition) is 2. The minimum Gasteiger partial charge on any atom is -0.481 e. The zero-order valence-corrected chi connectivity index (χ0v) is 9.97. The number of carbonyl (C=O) groups is 2. The molecule has 4 nitrogen and oxygen atoms in total. The van der Waals surface area contributed by atoms with Gasteiger partial charge in [0, 0.05) is 13.1 Å². The Balaban J connectivity index is 1.57. The standard InChI is InChI=1S/C13H19NO3/c15-12(10-5-11(10)13(16)17)14(6-8-1-2-8)7-9-3-4-9/h8-11H,1-7H2,(H,16,17). The number of carbonyl (C=O) groups excluding carboxylic acids is 1. The van der Waals surface area contributed by atoms with E-state index in [0.29, 0.717) is 18.3 Å². The zero-order chi connectivity index (χ0) is 12.0. The molecule has 1 amide bonds. The van der Waals surface area contributed by atoms with E-state index in [2.05, 4.69) is 0 Å². The first kappa shape index (κ1) is 11.1. The largest absolute Gasteiger partial charge is 0.481 e. The summed E-state index contributed by atoms with van der Waals surface area (Å²) in [5.74, 6) is 0.0743. The van der Waals surface area contributed by atoms with Crippen molar-refractivity contribution in [3.8, 4) is 0 Å². The van der Waals surface area contributed by atoms with Crippen molar-refractivity contribution < 1.29 is 14.7 Å². The molecule has 94 valence electrons. The average Bonchev–Trinajstić information content (AvgIpc) is 3.12. The highest BCUT2D eigenvalue weighted by Gasteiger charge is 2.50. The highest BCUT2D eigenvalue weighted by atomic mass is 16.4. The maximum absolute atomic E-state index is 12.2. The third-order valence-corrected chi connectivity index (χ3v) is 4.09. The van der Waals surface area contributed by atoms with Crippen molar-refractivity contribution in [2.45, 2.75) is 32.1 Å². The molecule has 3 aliphatic carbocycles. The maximum Gasteiger partial charge on any atom is 0.307 e. The van der Waals surface area contributed by atoms with Gasteiger partial charge in [-0.25, -0.2) is 0 Å². The zero-order valence-electron chi connectivity index (χ0n) is 9.97. The average molecular weight is 237 g/mol. The van der Waals surface area contributed by atoms with E-state index in [9.17, 15) is 9.59 Å². The van der Waals surface area contributed by atoms with Crippen LogP contribution in [-0.2, 0) is 9.59 Å². The molecule has 0 aliphatic heterocycles. The molecular weight excluding hydrogens is 218 g/mol. The van der Waals surface area contributed by atoms with Crippen LogP contribution in [0, 0.1) is 23.7 Å². The van der Waals surface area contributed by atoms with Gasteiger partial charge in [0.05, 0.1) is 11.8 Å². The molecule has 0 aromatic carbocycles. The summed E-state index contributed by atoms with van der Waals surface area (Å²) in [6, 6.07) is 0. The molecule has 0 saturated heterocycles. The number of aliphatic carboxylic acids is 1. The SMILES string of the molecule is O=C(O)C1CC1C(=O)N(CC1CC1)CC1CC1. The molecule has 0 bridgehead atoms. The van der Waals surface area contributed by atoms with Gasteiger partial charge >= 0.3 is 5.97 Å². The lowest BCUT2D eigenvalue weighted by Gasteiger charge is -2.22. The number of carboxylic acid groups (broad SMARTS) is 1. The minimum absolute atomic E-state index is 0.108. The van der Waals surface area contributed by atoms with Crippen molar-refractivity contribution >= 4 is 11.9 Å². The lowest BCUT2D eigenvalue weighted by Crippen LogP contribution is -2.36. The van der Waals surface area contributed by atoms with Gasteiger partial charge in [-0.15, -0.1) is 0 Å². The third kappa shape index (κ3) is 2.61.